The fourth-order valence-electron chi connectivity index (χ4n) is 1.76. The Labute approximate surface area is 109 Å². The molecule has 0 amide bonds. The molecule has 2 heterocycles. The first kappa shape index (κ1) is 11.2. The van der Waals surface area contributed by atoms with Crippen molar-refractivity contribution < 1.29 is 4.74 Å². The molecule has 0 fully saturated rings. The Morgan fingerprint density at radius 2 is 2.00 bits per heavy atom. The van der Waals surface area contributed by atoms with Crippen molar-refractivity contribution in [3.05, 3.63) is 53.3 Å². The quantitative estimate of drug-likeness (QED) is 0.718. The first-order chi connectivity index (χ1) is 8.81. The first-order valence-corrected chi connectivity index (χ1v) is 6.52. The average Bonchev–Trinajstić information content (AvgIpc) is 2.77. The van der Waals surface area contributed by atoms with Crippen LogP contribution in [0.3, 0.4) is 0 Å². The second kappa shape index (κ2) is 4.74. The van der Waals surface area contributed by atoms with Gasteiger partial charge in [-0.15, -0.1) is 11.3 Å². The molecular weight excluding hydrogens is 244 g/mol. The van der Waals surface area contributed by atoms with Crippen LogP contribution in [0.5, 0.6) is 5.75 Å². The zero-order valence-electron chi connectivity index (χ0n) is 9.96. The number of fused-ring (bicyclic) bond motifs is 1. The summed E-state index contributed by atoms with van der Waals surface area (Å²) in [6.45, 7) is 2.58. The minimum absolute atomic E-state index is 0.561. The van der Waals surface area contributed by atoms with E-state index in [0.717, 1.165) is 21.8 Å². The fraction of sp³-hybridized carbons (Fsp3) is 0.143. The molecule has 0 radical (unpaired) electrons. The van der Waals surface area contributed by atoms with Gasteiger partial charge in [0.15, 0.2) is 0 Å². The summed E-state index contributed by atoms with van der Waals surface area (Å²) < 4.78 is 6.93. The average molecular weight is 256 g/mol. The molecule has 90 valence electrons. The molecule has 0 aliphatic heterocycles. The van der Waals surface area contributed by atoms with Crippen LogP contribution in [0.15, 0.2) is 42.7 Å². The maximum Gasteiger partial charge on any atom is 0.121 e. The summed E-state index contributed by atoms with van der Waals surface area (Å²) in [5, 5.41) is 1.08. The van der Waals surface area contributed by atoms with E-state index in [9.17, 15) is 0 Å². The highest BCUT2D eigenvalue weighted by Gasteiger charge is 2.02. The van der Waals surface area contributed by atoms with Crippen LogP contribution in [0.4, 0.5) is 0 Å². The van der Waals surface area contributed by atoms with Crippen LogP contribution < -0.4 is 4.74 Å². The topological polar surface area (TPSA) is 35.0 Å². The summed E-state index contributed by atoms with van der Waals surface area (Å²) in [6, 6.07) is 9.91. The lowest BCUT2D eigenvalue weighted by molar-refractivity contribution is 0.306. The van der Waals surface area contributed by atoms with Gasteiger partial charge in [-0.05, 0) is 42.8 Å². The van der Waals surface area contributed by atoms with Crippen molar-refractivity contribution in [1.29, 1.82) is 0 Å². The molecule has 1 aromatic carbocycles. The number of hydrogen-bond donors (Lipinski definition) is 0. The van der Waals surface area contributed by atoms with Crippen LogP contribution in [0, 0.1) is 6.92 Å². The number of rotatable bonds is 3. The summed E-state index contributed by atoms with van der Waals surface area (Å²) in [4.78, 5) is 8.41. The van der Waals surface area contributed by atoms with Crippen LogP contribution >= 0.6 is 11.3 Å². The third kappa shape index (κ3) is 2.33. The smallest absolute Gasteiger partial charge is 0.121 e. The Morgan fingerprint density at radius 1 is 1.17 bits per heavy atom. The standard InChI is InChI=1S/C14H12N2OS/c1-10-16-13-3-2-12(8-14(13)18-10)17-9-11-4-6-15-7-5-11/h2-8H,9H2,1H3. The van der Waals surface area contributed by atoms with Crippen molar-refractivity contribution in [2.75, 3.05) is 0 Å². The molecule has 2 aromatic heterocycles. The summed E-state index contributed by atoms with van der Waals surface area (Å²) in [7, 11) is 0. The number of ether oxygens (including phenoxy) is 1. The maximum absolute atomic E-state index is 5.76. The minimum Gasteiger partial charge on any atom is -0.489 e. The van der Waals surface area contributed by atoms with Crippen LogP contribution in [0.25, 0.3) is 10.2 Å². The van der Waals surface area contributed by atoms with E-state index < -0.39 is 0 Å². The third-order valence-electron chi connectivity index (χ3n) is 2.62. The van der Waals surface area contributed by atoms with Gasteiger partial charge in [-0.3, -0.25) is 4.98 Å². The lowest BCUT2D eigenvalue weighted by Crippen LogP contribution is -1.94. The van der Waals surface area contributed by atoms with Crippen molar-refractivity contribution in [1.82, 2.24) is 9.97 Å². The molecule has 3 aromatic rings. The summed E-state index contributed by atoms with van der Waals surface area (Å²) in [5.41, 5.74) is 2.15. The van der Waals surface area contributed by atoms with Crippen molar-refractivity contribution in [3.63, 3.8) is 0 Å². The highest BCUT2D eigenvalue weighted by atomic mass is 32.1. The van der Waals surface area contributed by atoms with Gasteiger partial charge < -0.3 is 4.74 Å². The molecule has 0 spiro atoms. The number of aromatic nitrogens is 2. The monoisotopic (exact) mass is 256 g/mol. The Kier molecular flexibility index (Phi) is 2.94. The first-order valence-electron chi connectivity index (χ1n) is 5.70. The molecule has 18 heavy (non-hydrogen) atoms. The summed E-state index contributed by atoms with van der Waals surface area (Å²) in [6.07, 6.45) is 3.54. The van der Waals surface area contributed by atoms with Crippen LogP contribution in [0.2, 0.25) is 0 Å². The number of pyridine rings is 1. The number of benzene rings is 1. The van der Waals surface area contributed by atoms with Gasteiger partial charge in [0.05, 0.1) is 15.2 Å². The Balaban J connectivity index is 1.78. The second-order valence-electron chi connectivity index (χ2n) is 4.01. The molecular formula is C14H12N2OS. The van der Waals surface area contributed by atoms with E-state index in [4.69, 9.17) is 4.74 Å². The van der Waals surface area contributed by atoms with E-state index in [1.54, 1.807) is 23.7 Å². The number of nitrogens with zero attached hydrogens (tertiary/aromatic N) is 2. The van der Waals surface area contributed by atoms with Gasteiger partial charge in [0.25, 0.3) is 0 Å². The maximum atomic E-state index is 5.76. The number of thiazole rings is 1. The van der Waals surface area contributed by atoms with Crippen molar-refractivity contribution in [2.24, 2.45) is 0 Å². The van der Waals surface area contributed by atoms with Gasteiger partial charge in [0.1, 0.15) is 12.4 Å². The van der Waals surface area contributed by atoms with E-state index in [0.29, 0.717) is 6.61 Å². The largest absolute Gasteiger partial charge is 0.489 e. The predicted octanol–water partition coefficient (Wildman–Crippen LogP) is 3.58. The van der Waals surface area contributed by atoms with Gasteiger partial charge in [-0.25, -0.2) is 4.98 Å². The van der Waals surface area contributed by atoms with Crippen LogP contribution in [-0.4, -0.2) is 9.97 Å². The molecule has 3 rings (SSSR count). The van der Waals surface area contributed by atoms with Gasteiger partial charge in [-0.1, -0.05) is 0 Å². The lowest BCUT2D eigenvalue weighted by atomic mass is 10.3. The van der Waals surface area contributed by atoms with Gasteiger partial charge in [0.2, 0.25) is 0 Å². The predicted molar refractivity (Wildman–Crippen MR) is 72.9 cm³/mol. The minimum atomic E-state index is 0.561. The second-order valence-corrected chi connectivity index (χ2v) is 5.24. The number of aryl methyl sites for hydroxylation is 1. The Hall–Kier alpha value is -1.94. The van der Waals surface area contributed by atoms with E-state index in [-0.39, 0.29) is 0 Å². The Bertz CT molecular complexity index is 664. The van der Waals surface area contributed by atoms with Crippen LogP contribution in [-0.2, 0) is 6.61 Å². The van der Waals surface area contributed by atoms with E-state index in [1.165, 1.54) is 4.70 Å². The molecule has 0 saturated carbocycles. The van der Waals surface area contributed by atoms with Crippen molar-refractivity contribution in [3.8, 4) is 5.75 Å². The normalized spacial score (nSPS) is 10.7. The molecule has 0 N–H and O–H groups in total. The van der Waals surface area contributed by atoms with E-state index in [1.807, 2.05) is 37.3 Å². The highest BCUT2D eigenvalue weighted by molar-refractivity contribution is 7.18. The zero-order chi connectivity index (χ0) is 12.4. The Morgan fingerprint density at radius 3 is 2.83 bits per heavy atom. The lowest BCUT2D eigenvalue weighted by Gasteiger charge is -2.05. The summed E-state index contributed by atoms with van der Waals surface area (Å²) in [5.74, 6) is 0.878. The van der Waals surface area contributed by atoms with Gasteiger partial charge in [-0.2, -0.15) is 0 Å². The van der Waals surface area contributed by atoms with Crippen molar-refractivity contribution >= 4 is 21.6 Å². The molecule has 0 bridgehead atoms. The van der Waals surface area contributed by atoms with Crippen molar-refractivity contribution in [2.45, 2.75) is 13.5 Å². The highest BCUT2D eigenvalue weighted by Crippen LogP contribution is 2.26. The molecule has 0 aliphatic rings. The number of hydrogen-bond acceptors (Lipinski definition) is 4. The molecule has 0 unspecified atom stereocenters. The molecule has 0 atom stereocenters. The van der Waals surface area contributed by atoms with Gasteiger partial charge >= 0.3 is 0 Å². The fourth-order valence-corrected chi connectivity index (χ4v) is 2.61. The molecule has 0 saturated heterocycles. The SMILES string of the molecule is Cc1nc2ccc(OCc3ccncc3)cc2s1. The summed E-state index contributed by atoms with van der Waals surface area (Å²) >= 11 is 1.69. The molecule has 3 nitrogen and oxygen atoms in total. The third-order valence-corrected chi connectivity index (χ3v) is 3.56. The van der Waals surface area contributed by atoms with Crippen LogP contribution in [0.1, 0.15) is 10.6 Å². The van der Waals surface area contributed by atoms with E-state index >= 15 is 0 Å². The zero-order valence-corrected chi connectivity index (χ0v) is 10.8. The molecule has 0 aliphatic carbocycles. The molecule has 4 heteroatoms. The van der Waals surface area contributed by atoms with Gasteiger partial charge in [0, 0.05) is 12.4 Å². The van der Waals surface area contributed by atoms with E-state index in [2.05, 4.69) is 9.97 Å².